The SMILES string of the molecule is O=C(Nc1ccccc1Cc1ccccc1)C(Cl)Cl. The lowest BCUT2D eigenvalue weighted by atomic mass is 10.0. The number of rotatable bonds is 4. The molecule has 4 heteroatoms. The van der Waals surface area contributed by atoms with Gasteiger partial charge in [0.05, 0.1) is 0 Å². The van der Waals surface area contributed by atoms with Gasteiger partial charge >= 0.3 is 0 Å². The van der Waals surface area contributed by atoms with Crippen LogP contribution in [0.2, 0.25) is 0 Å². The van der Waals surface area contributed by atoms with E-state index in [4.69, 9.17) is 23.2 Å². The third kappa shape index (κ3) is 3.98. The van der Waals surface area contributed by atoms with Crippen molar-refractivity contribution in [3.05, 3.63) is 65.7 Å². The average Bonchev–Trinajstić information content (AvgIpc) is 2.42. The number of amides is 1. The topological polar surface area (TPSA) is 29.1 Å². The minimum atomic E-state index is -1.07. The van der Waals surface area contributed by atoms with Crippen molar-refractivity contribution in [3.8, 4) is 0 Å². The zero-order valence-corrected chi connectivity index (χ0v) is 11.7. The van der Waals surface area contributed by atoms with Crippen LogP contribution in [0.4, 0.5) is 5.69 Å². The van der Waals surface area contributed by atoms with Gasteiger partial charge in [-0.15, -0.1) is 0 Å². The van der Waals surface area contributed by atoms with Gasteiger partial charge in [-0.1, -0.05) is 71.7 Å². The highest BCUT2D eigenvalue weighted by molar-refractivity contribution is 6.54. The van der Waals surface area contributed by atoms with E-state index >= 15 is 0 Å². The molecule has 0 saturated carbocycles. The van der Waals surface area contributed by atoms with Crippen molar-refractivity contribution in [2.24, 2.45) is 0 Å². The van der Waals surface area contributed by atoms with Crippen LogP contribution < -0.4 is 5.32 Å². The smallest absolute Gasteiger partial charge is 0.257 e. The predicted molar refractivity (Wildman–Crippen MR) is 79.8 cm³/mol. The van der Waals surface area contributed by atoms with Gasteiger partial charge in [0.15, 0.2) is 4.84 Å². The predicted octanol–water partition coefficient (Wildman–Crippen LogP) is 4.02. The Bertz CT molecular complexity index is 555. The Balaban J connectivity index is 2.19. The molecule has 98 valence electrons. The van der Waals surface area contributed by atoms with Gasteiger partial charge in [-0.25, -0.2) is 0 Å². The van der Waals surface area contributed by atoms with Crippen LogP contribution in [-0.2, 0) is 11.2 Å². The molecule has 1 amide bonds. The molecule has 1 N–H and O–H groups in total. The second-order valence-electron chi connectivity index (χ2n) is 4.11. The fraction of sp³-hybridized carbons (Fsp3) is 0.133. The van der Waals surface area contributed by atoms with Crippen LogP contribution >= 0.6 is 23.2 Å². The molecule has 0 saturated heterocycles. The lowest BCUT2D eigenvalue weighted by Crippen LogP contribution is -2.19. The van der Waals surface area contributed by atoms with Crippen LogP contribution in [0.5, 0.6) is 0 Å². The highest BCUT2D eigenvalue weighted by Crippen LogP contribution is 2.20. The molecule has 2 rings (SSSR count). The van der Waals surface area contributed by atoms with E-state index in [1.807, 2.05) is 54.6 Å². The van der Waals surface area contributed by atoms with E-state index < -0.39 is 10.7 Å². The first-order valence-corrected chi connectivity index (χ1v) is 6.75. The maximum Gasteiger partial charge on any atom is 0.257 e. The van der Waals surface area contributed by atoms with Crippen LogP contribution in [0.1, 0.15) is 11.1 Å². The van der Waals surface area contributed by atoms with E-state index in [1.54, 1.807) is 0 Å². The summed E-state index contributed by atoms with van der Waals surface area (Å²) in [5.74, 6) is -0.413. The van der Waals surface area contributed by atoms with Crippen molar-refractivity contribution in [3.63, 3.8) is 0 Å². The number of halogens is 2. The first kappa shape index (κ1) is 13.9. The number of hydrogen-bond donors (Lipinski definition) is 1. The second-order valence-corrected chi connectivity index (χ2v) is 5.21. The number of hydrogen-bond acceptors (Lipinski definition) is 1. The van der Waals surface area contributed by atoms with E-state index in [9.17, 15) is 4.79 Å². The number of benzene rings is 2. The lowest BCUT2D eigenvalue weighted by Gasteiger charge is -2.11. The minimum absolute atomic E-state index is 0.413. The summed E-state index contributed by atoms with van der Waals surface area (Å²) in [4.78, 5) is 10.5. The van der Waals surface area contributed by atoms with Gasteiger partial charge in [-0.2, -0.15) is 0 Å². The Morgan fingerprint density at radius 2 is 1.63 bits per heavy atom. The van der Waals surface area contributed by atoms with Crippen LogP contribution in [0.3, 0.4) is 0 Å². The van der Waals surface area contributed by atoms with Crippen molar-refractivity contribution in [1.82, 2.24) is 0 Å². The van der Waals surface area contributed by atoms with Crippen molar-refractivity contribution < 1.29 is 4.79 Å². The molecule has 0 aliphatic rings. The van der Waals surface area contributed by atoms with E-state index in [2.05, 4.69) is 5.32 Å². The van der Waals surface area contributed by atoms with Crippen molar-refractivity contribution in [1.29, 1.82) is 0 Å². The minimum Gasteiger partial charge on any atom is -0.323 e. The van der Waals surface area contributed by atoms with E-state index in [-0.39, 0.29) is 0 Å². The van der Waals surface area contributed by atoms with E-state index in [0.29, 0.717) is 0 Å². The van der Waals surface area contributed by atoms with Crippen LogP contribution in [-0.4, -0.2) is 10.7 Å². The molecule has 0 aromatic heterocycles. The number of carbonyl (C=O) groups excluding carboxylic acids is 1. The van der Waals surface area contributed by atoms with Crippen LogP contribution in [0.15, 0.2) is 54.6 Å². The maximum absolute atomic E-state index is 11.5. The van der Waals surface area contributed by atoms with Crippen molar-refractivity contribution >= 4 is 34.8 Å². The summed E-state index contributed by atoms with van der Waals surface area (Å²) < 4.78 is 0. The lowest BCUT2D eigenvalue weighted by molar-refractivity contribution is -0.114. The molecule has 2 aromatic carbocycles. The maximum atomic E-state index is 11.5. The summed E-state index contributed by atoms with van der Waals surface area (Å²) in [6.45, 7) is 0. The Morgan fingerprint density at radius 1 is 1.00 bits per heavy atom. The van der Waals surface area contributed by atoms with Crippen LogP contribution in [0.25, 0.3) is 0 Å². The number of alkyl halides is 2. The highest BCUT2D eigenvalue weighted by Gasteiger charge is 2.13. The molecule has 0 bridgehead atoms. The van der Waals surface area contributed by atoms with Gasteiger partial charge < -0.3 is 5.32 Å². The molecule has 2 nitrogen and oxygen atoms in total. The molecule has 0 radical (unpaired) electrons. The zero-order valence-electron chi connectivity index (χ0n) is 10.1. The number of carbonyl (C=O) groups is 1. The summed E-state index contributed by atoms with van der Waals surface area (Å²) in [7, 11) is 0. The largest absolute Gasteiger partial charge is 0.323 e. The number of para-hydroxylation sites is 1. The molecule has 0 atom stereocenters. The van der Waals surface area contributed by atoms with Gasteiger partial charge in [0, 0.05) is 5.69 Å². The number of anilines is 1. The molecular formula is C15H13Cl2NO. The molecule has 0 fully saturated rings. The first-order chi connectivity index (χ1) is 9.16. The summed E-state index contributed by atoms with van der Waals surface area (Å²) in [5, 5.41) is 2.73. The zero-order chi connectivity index (χ0) is 13.7. The Hall–Kier alpha value is -1.51. The van der Waals surface area contributed by atoms with Crippen molar-refractivity contribution in [2.45, 2.75) is 11.3 Å². The summed E-state index contributed by atoms with van der Waals surface area (Å²) in [6.07, 6.45) is 0.743. The third-order valence-electron chi connectivity index (χ3n) is 2.71. The molecule has 0 aliphatic heterocycles. The quantitative estimate of drug-likeness (QED) is 0.848. The Morgan fingerprint density at radius 3 is 2.32 bits per heavy atom. The Kier molecular flexibility index (Phi) is 4.83. The molecule has 0 aliphatic carbocycles. The summed E-state index contributed by atoms with van der Waals surface area (Å²) >= 11 is 11.1. The van der Waals surface area contributed by atoms with E-state index in [0.717, 1.165) is 17.7 Å². The van der Waals surface area contributed by atoms with Crippen molar-refractivity contribution in [2.75, 3.05) is 5.32 Å². The average molecular weight is 294 g/mol. The summed E-state index contributed by atoms with van der Waals surface area (Å²) in [6, 6.07) is 17.7. The van der Waals surface area contributed by atoms with Gasteiger partial charge in [0.2, 0.25) is 0 Å². The molecular weight excluding hydrogens is 281 g/mol. The van der Waals surface area contributed by atoms with Gasteiger partial charge in [-0.05, 0) is 23.6 Å². The Labute approximate surface area is 122 Å². The normalized spacial score (nSPS) is 10.5. The molecule has 0 unspecified atom stereocenters. The van der Waals surface area contributed by atoms with E-state index in [1.165, 1.54) is 5.56 Å². The highest BCUT2D eigenvalue weighted by atomic mass is 35.5. The number of nitrogens with one attached hydrogen (secondary N) is 1. The summed E-state index contributed by atoms with van der Waals surface area (Å²) in [5.41, 5.74) is 2.94. The van der Waals surface area contributed by atoms with Gasteiger partial charge in [0.25, 0.3) is 5.91 Å². The fourth-order valence-electron chi connectivity index (χ4n) is 1.80. The standard InChI is InChI=1S/C15H13Cl2NO/c16-14(17)15(19)18-13-9-5-4-8-12(13)10-11-6-2-1-3-7-11/h1-9,14H,10H2,(H,18,19). The molecule has 2 aromatic rings. The molecule has 19 heavy (non-hydrogen) atoms. The monoisotopic (exact) mass is 293 g/mol. The molecule has 0 spiro atoms. The first-order valence-electron chi connectivity index (χ1n) is 5.87. The van der Waals surface area contributed by atoms with Crippen LogP contribution in [0, 0.1) is 0 Å². The van der Waals surface area contributed by atoms with Gasteiger partial charge in [-0.3, -0.25) is 4.79 Å². The third-order valence-corrected chi connectivity index (χ3v) is 3.11. The van der Waals surface area contributed by atoms with Gasteiger partial charge in [0.1, 0.15) is 0 Å². The molecule has 0 heterocycles. The fourth-order valence-corrected chi connectivity index (χ4v) is 1.91. The second kappa shape index (κ2) is 6.60.